The Labute approximate surface area is 155 Å². The molecule has 0 unspecified atom stereocenters. The van der Waals surface area contributed by atoms with Gasteiger partial charge in [-0.05, 0) is 37.7 Å². The van der Waals surface area contributed by atoms with E-state index in [9.17, 15) is 4.79 Å². The van der Waals surface area contributed by atoms with Gasteiger partial charge in [0, 0.05) is 52.1 Å². The fraction of sp³-hybridized carbons (Fsp3) is 0.556. The zero-order valence-electron chi connectivity index (χ0n) is 15.1. The number of carbonyl (C=O) groups is 1. The van der Waals surface area contributed by atoms with Crippen LogP contribution in [0.15, 0.2) is 24.3 Å². The summed E-state index contributed by atoms with van der Waals surface area (Å²) in [4.78, 5) is 16.2. The number of ether oxygens (including phenoxy) is 1. The average molecular weight is 365 g/mol. The molecule has 6 nitrogen and oxygen atoms in total. The summed E-state index contributed by atoms with van der Waals surface area (Å²) in [5.41, 5.74) is 2.24. The first kappa shape index (κ1) is 19.6. The number of carbonyl (C=O) groups excluding carboxylic acids is 1. The van der Waals surface area contributed by atoms with Crippen molar-refractivity contribution >= 4 is 28.9 Å². The van der Waals surface area contributed by atoms with E-state index in [0.717, 1.165) is 43.4 Å². The van der Waals surface area contributed by atoms with Gasteiger partial charge in [0.1, 0.15) is 0 Å². The van der Waals surface area contributed by atoms with Crippen molar-refractivity contribution < 1.29 is 9.53 Å². The lowest BCUT2D eigenvalue weighted by Crippen LogP contribution is -2.52. The molecular weight excluding hydrogens is 336 g/mol. The Hall–Kier alpha value is -1.70. The first-order valence-corrected chi connectivity index (χ1v) is 9.10. The lowest BCUT2D eigenvalue weighted by molar-refractivity contribution is -0.122. The quantitative estimate of drug-likeness (QED) is 0.564. The molecule has 0 aliphatic carbocycles. The number of anilines is 1. The van der Waals surface area contributed by atoms with Gasteiger partial charge in [-0.1, -0.05) is 17.7 Å². The minimum absolute atomic E-state index is 0.0740. The number of hydrogen-bond donors (Lipinski definition) is 2. The second kappa shape index (κ2) is 10.3. The predicted octanol–water partition coefficient (Wildman–Crippen LogP) is 1.46. The van der Waals surface area contributed by atoms with E-state index < -0.39 is 0 Å². The summed E-state index contributed by atoms with van der Waals surface area (Å²) in [6.07, 6.45) is 0.842. The van der Waals surface area contributed by atoms with E-state index in [1.807, 2.05) is 12.1 Å². The van der Waals surface area contributed by atoms with Crippen molar-refractivity contribution in [2.45, 2.75) is 13.3 Å². The molecule has 1 aromatic rings. The Kier molecular flexibility index (Phi) is 8.11. The van der Waals surface area contributed by atoms with Gasteiger partial charge in [-0.3, -0.25) is 9.69 Å². The van der Waals surface area contributed by atoms with Crippen LogP contribution in [0.25, 0.3) is 0 Å². The molecule has 0 bridgehead atoms. The third-order valence-corrected chi connectivity index (χ3v) is 4.54. The van der Waals surface area contributed by atoms with Crippen molar-refractivity contribution in [1.29, 1.82) is 0 Å². The lowest BCUT2D eigenvalue weighted by atomic mass is 10.2. The zero-order valence-corrected chi connectivity index (χ0v) is 15.9. The molecule has 0 atom stereocenters. The van der Waals surface area contributed by atoms with E-state index in [-0.39, 0.29) is 5.91 Å². The van der Waals surface area contributed by atoms with Gasteiger partial charge in [0.15, 0.2) is 5.11 Å². The molecule has 1 aliphatic rings. The highest BCUT2D eigenvalue weighted by atomic mass is 32.1. The van der Waals surface area contributed by atoms with Crippen LogP contribution in [-0.2, 0) is 9.53 Å². The van der Waals surface area contributed by atoms with Crippen molar-refractivity contribution in [2.75, 3.05) is 58.3 Å². The summed E-state index contributed by atoms with van der Waals surface area (Å²) in [5, 5.41) is 6.95. The van der Waals surface area contributed by atoms with E-state index in [1.165, 1.54) is 5.56 Å². The molecule has 0 spiro atoms. The molecule has 1 aliphatic heterocycles. The molecular formula is C18H28N4O2S. The van der Waals surface area contributed by atoms with E-state index in [1.54, 1.807) is 7.11 Å². The second-order valence-corrected chi connectivity index (χ2v) is 6.64. The number of thiocarbonyl (C=S) groups is 1. The normalized spacial score (nSPS) is 15.0. The van der Waals surface area contributed by atoms with Crippen LogP contribution in [0, 0.1) is 6.92 Å². The predicted molar refractivity (Wildman–Crippen MR) is 105 cm³/mol. The van der Waals surface area contributed by atoms with Gasteiger partial charge < -0.3 is 20.3 Å². The molecule has 1 heterocycles. The van der Waals surface area contributed by atoms with Crippen LogP contribution in [0.4, 0.5) is 5.69 Å². The van der Waals surface area contributed by atoms with Crippen molar-refractivity contribution in [3.05, 3.63) is 29.8 Å². The number of piperazine rings is 1. The monoisotopic (exact) mass is 364 g/mol. The SMILES string of the molecule is COCCCNC(=O)CN1CCN(C(=S)Nc2ccc(C)cc2)CC1. The zero-order chi connectivity index (χ0) is 18.1. The average Bonchev–Trinajstić information content (AvgIpc) is 2.61. The fourth-order valence-electron chi connectivity index (χ4n) is 2.65. The Morgan fingerprint density at radius 1 is 1.20 bits per heavy atom. The Balaban J connectivity index is 1.67. The van der Waals surface area contributed by atoms with Crippen LogP contribution in [0.2, 0.25) is 0 Å². The number of hydrogen-bond acceptors (Lipinski definition) is 4. The highest BCUT2D eigenvalue weighted by Gasteiger charge is 2.20. The first-order valence-electron chi connectivity index (χ1n) is 8.69. The Bertz CT molecular complexity index is 557. The van der Waals surface area contributed by atoms with Crippen LogP contribution in [0.3, 0.4) is 0 Å². The summed E-state index contributed by atoms with van der Waals surface area (Å²) in [6.45, 7) is 7.17. The molecule has 1 fully saturated rings. The number of amides is 1. The van der Waals surface area contributed by atoms with Gasteiger partial charge in [0.05, 0.1) is 6.54 Å². The van der Waals surface area contributed by atoms with Crippen molar-refractivity contribution in [2.24, 2.45) is 0 Å². The van der Waals surface area contributed by atoms with E-state index >= 15 is 0 Å². The van der Waals surface area contributed by atoms with E-state index in [0.29, 0.717) is 19.7 Å². The minimum Gasteiger partial charge on any atom is -0.385 e. The molecule has 7 heteroatoms. The van der Waals surface area contributed by atoms with Gasteiger partial charge in [-0.15, -0.1) is 0 Å². The number of rotatable bonds is 7. The van der Waals surface area contributed by atoms with Crippen LogP contribution < -0.4 is 10.6 Å². The summed E-state index contributed by atoms with van der Waals surface area (Å²) in [7, 11) is 1.67. The topological polar surface area (TPSA) is 56.8 Å². The van der Waals surface area contributed by atoms with Crippen molar-refractivity contribution in [1.82, 2.24) is 15.1 Å². The van der Waals surface area contributed by atoms with Crippen LogP contribution >= 0.6 is 12.2 Å². The van der Waals surface area contributed by atoms with E-state index in [4.69, 9.17) is 17.0 Å². The van der Waals surface area contributed by atoms with Gasteiger partial charge >= 0.3 is 0 Å². The van der Waals surface area contributed by atoms with Crippen LogP contribution in [0.1, 0.15) is 12.0 Å². The van der Waals surface area contributed by atoms with Crippen LogP contribution in [0.5, 0.6) is 0 Å². The number of nitrogens with zero attached hydrogens (tertiary/aromatic N) is 2. The summed E-state index contributed by atoms with van der Waals surface area (Å²) < 4.78 is 4.97. The maximum atomic E-state index is 11.9. The maximum absolute atomic E-state index is 11.9. The van der Waals surface area contributed by atoms with Crippen LogP contribution in [-0.4, -0.2) is 73.8 Å². The second-order valence-electron chi connectivity index (χ2n) is 6.26. The smallest absolute Gasteiger partial charge is 0.234 e. The third kappa shape index (κ3) is 6.97. The highest BCUT2D eigenvalue weighted by Crippen LogP contribution is 2.11. The maximum Gasteiger partial charge on any atom is 0.234 e. The van der Waals surface area contributed by atoms with Crippen molar-refractivity contribution in [3.8, 4) is 0 Å². The Morgan fingerprint density at radius 3 is 2.52 bits per heavy atom. The fourth-order valence-corrected chi connectivity index (χ4v) is 2.95. The van der Waals surface area contributed by atoms with Gasteiger partial charge in [-0.2, -0.15) is 0 Å². The summed E-state index contributed by atoms with van der Waals surface area (Å²) in [5.74, 6) is 0.0740. The molecule has 2 N–H and O–H groups in total. The van der Waals surface area contributed by atoms with Gasteiger partial charge in [0.25, 0.3) is 0 Å². The molecule has 25 heavy (non-hydrogen) atoms. The number of benzene rings is 1. The highest BCUT2D eigenvalue weighted by molar-refractivity contribution is 7.80. The molecule has 0 radical (unpaired) electrons. The van der Waals surface area contributed by atoms with Gasteiger partial charge in [0.2, 0.25) is 5.91 Å². The number of nitrogens with one attached hydrogen (secondary N) is 2. The van der Waals surface area contributed by atoms with Crippen molar-refractivity contribution in [3.63, 3.8) is 0 Å². The summed E-state index contributed by atoms with van der Waals surface area (Å²) >= 11 is 5.50. The molecule has 1 saturated heterocycles. The standard InChI is InChI=1S/C18H28N4O2S/c1-15-4-6-16(7-5-15)20-18(25)22-11-9-21(10-12-22)14-17(23)19-8-3-13-24-2/h4-7H,3,8-14H2,1-2H3,(H,19,23)(H,20,25). The lowest BCUT2D eigenvalue weighted by Gasteiger charge is -2.35. The molecule has 0 saturated carbocycles. The Morgan fingerprint density at radius 2 is 1.88 bits per heavy atom. The number of aryl methyl sites for hydroxylation is 1. The number of methoxy groups -OCH3 is 1. The molecule has 1 aromatic carbocycles. The molecule has 1 amide bonds. The largest absolute Gasteiger partial charge is 0.385 e. The van der Waals surface area contributed by atoms with E-state index in [2.05, 4.69) is 39.5 Å². The molecule has 138 valence electrons. The minimum atomic E-state index is 0.0740. The van der Waals surface area contributed by atoms with Gasteiger partial charge in [-0.25, -0.2) is 0 Å². The summed E-state index contributed by atoms with van der Waals surface area (Å²) in [6, 6.07) is 8.19. The first-order chi connectivity index (χ1) is 12.1. The third-order valence-electron chi connectivity index (χ3n) is 4.18. The molecule has 0 aromatic heterocycles. The molecule has 2 rings (SSSR count).